The third-order valence-corrected chi connectivity index (χ3v) is 4.46. The SMILES string of the molecule is CC1(C)CC(NC(=O)COc2ccc(Oc3ccccn3)cc2)C(C)(C)O1. The second-order valence-electron chi connectivity index (χ2n) is 7.82. The Morgan fingerprint density at radius 1 is 1.15 bits per heavy atom. The zero-order chi connectivity index (χ0) is 19.5. The number of ether oxygens (including phenoxy) is 3. The summed E-state index contributed by atoms with van der Waals surface area (Å²) in [5, 5.41) is 3.02. The quantitative estimate of drug-likeness (QED) is 0.839. The number of amides is 1. The van der Waals surface area contributed by atoms with Crippen molar-refractivity contribution < 1.29 is 19.0 Å². The van der Waals surface area contributed by atoms with E-state index < -0.39 is 5.60 Å². The molecule has 1 amide bonds. The van der Waals surface area contributed by atoms with Gasteiger partial charge >= 0.3 is 0 Å². The first kappa shape index (κ1) is 19.2. The molecule has 1 aliphatic heterocycles. The molecule has 1 aromatic carbocycles. The maximum absolute atomic E-state index is 12.3. The average Bonchev–Trinajstić information content (AvgIpc) is 2.81. The molecule has 0 radical (unpaired) electrons. The van der Waals surface area contributed by atoms with E-state index in [4.69, 9.17) is 14.2 Å². The summed E-state index contributed by atoms with van der Waals surface area (Å²) in [6.07, 6.45) is 2.44. The molecule has 1 saturated heterocycles. The van der Waals surface area contributed by atoms with Gasteiger partial charge in [0.05, 0.1) is 17.2 Å². The summed E-state index contributed by atoms with van der Waals surface area (Å²) < 4.78 is 17.2. The molecule has 0 saturated carbocycles. The van der Waals surface area contributed by atoms with E-state index >= 15 is 0 Å². The molecule has 27 heavy (non-hydrogen) atoms. The molecule has 6 heteroatoms. The fraction of sp³-hybridized carbons (Fsp3) is 0.429. The van der Waals surface area contributed by atoms with Gasteiger partial charge in [0, 0.05) is 12.3 Å². The summed E-state index contributed by atoms with van der Waals surface area (Å²) in [5.74, 6) is 1.61. The maximum atomic E-state index is 12.3. The molecule has 0 spiro atoms. The monoisotopic (exact) mass is 370 g/mol. The van der Waals surface area contributed by atoms with Gasteiger partial charge in [-0.05, 0) is 64.4 Å². The molecule has 6 nitrogen and oxygen atoms in total. The third-order valence-electron chi connectivity index (χ3n) is 4.46. The Morgan fingerprint density at radius 2 is 1.85 bits per heavy atom. The number of nitrogens with one attached hydrogen (secondary N) is 1. The number of hydrogen-bond donors (Lipinski definition) is 1. The standard InChI is InChI=1S/C21H26N2O4/c1-20(2)13-17(21(3,4)27-20)23-18(24)14-25-15-8-10-16(11-9-15)26-19-7-5-6-12-22-19/h5-12,17H,13-14H2,1-4H3,(H,23,24). The van der Waals surface area contributed by atoms with Crippen LogP contribution in [-0.2, 0) is 9.53 Å². The lowest BCUT2D eigenvalue weighted by atomic mass is 9.94. The van der Waals surface area contributed by atoms with E-state index in [9.17, 15) is 4.79 Å². The van der Waals surface area contributed by atoms with Gasteiger partial charge in [0.25, 0.3) is 5.91 Å². The van der Waals surface area contributed by atoms with Gasteiger partial charge in [-0.25, -0.2) is 4.98 Å². The summed E-state index contributed by atoms with van der Waals surface area (Å²) in [5.41, 5.74) is -0.643. The molecule has 1 atom stereocenters. The zero-order valence-electron chi connectivity index (χ0n) is 16.2. The number of carbonyl (C=O) groups excluding carboxylic acids is 1. The molecular weight excluding hydrogens is 344 g/mol. The Hall–Kier alpha value is -2.60. The molecule has 1 fully saturated rings. The van der Waals surface area contributed by atoms with Gasteiger partial charge in [0.15, 0.2) is 6.61 Å². The predicted molar refractivity (Wildman–Crippen MR) is 102 cm³/mol. The van der Waals surface area contributed by atoms with E-state index in [1.807, 2.05) is 39.8 Å². The van der Waals surface area contributed by atoms with Crippen molar-refractivity contribution in [3.63, 3.8) is 0 Å². The van der Waals surface area contributed by atoms with Crippen molar-refractivity contribution in [2.24, 2.45) is 0 Å². The number of hydrogen-bond acceptors (Lipinski definition) is 5. The van der Waals surface area contributed by atoms with Gasteiger partial charge in [-0.15, -0.1) is 0 Å². The molecule has 1 unspecified atom stereocenters. The number of aromatic nitrogens is 1. The van der Waals surface area contributed by atoms with Crippen molar-refractivity contribution in [3.8, 4) is 17.4 Å². The Balaban J connectivity index is 1.49. The van der Waals surface area contributed by atoms with Crippen LogP contribution in [0.15, 0.2) is 48.7 Å². The van der Waals surface area contributed by atoms with Crippen LogP contribution in [0.5, 0.6) is 17.4 Å². The highest BCUT2D eigenvalue weighted by Gasteiger charge is 2.46. The van der Waals surface area contributed by atoms with Gasteiger partial charge in [0.2, 0.25) is 5.88 Å². The third kappa shape index (κ3) is 5.20. The van der Waals surface area contributed by atoms with Gasteiger partial charge in [0.1, 0.15) is 11.5 Å². The molecule has 1 N–H and O–H groups in total. The molecule has 0 aliphatic carbocycles. The Kier molecular flexibility index (Phi) is 5.37. The normalized spacial score (nSPS) is 20.1. The average molecular weight is 370 g/mol. The predicted octanol–water partition coefficient (Wildman–Crippen LogP) is 3.72. The lowest BCUT2D eigenvalue weighted by molar-refractivity contribution is -0.125. The van der Waals surface area contributed by atoms with Crippen LogP contribution in [0.1, 0.15) is 34.1 Å². The summed E-state index contributed by atoms with van der Waals surface area (Å²) >= 11 is 0. The molecule has 3 rings (SSSR count). The first-order valence-corrected chi connectivity index (χ1v) is 9.05. The van der Waals surface area contributed by atoms with E-state index in [0.717, 1.165) is 6.42 Å². The highest BCUT2D eigenvalue weighted by molar-refractivity contribution is 5.78. The summed E-state index contributed by atoms with van der Waals surface area (Å²) in [6, 6.07) is 12.5. The molecule has 1 aliphatic rings. The van der Waals surface area contributed by atoms with Crippen molar-refractivity contribution in [2.45, 2.75) is 51.4 Å². The largest absolute Gasteiger partial charge is 0.484 e. The van der Waals surface area contributed by atoms with E-state index in [0.29, 0.717) is 17.4 Å². The molecule has 144 valence electrons. The summed E-state index contributed by atoms with van der Waals surface area (Å²) in [4.78, 5) is 16.4. The molecule has 2 aromatic rings. The highest BCUT2D eigenvalue weighted by Crippen LogP contribution is 2.37. The second-order valence-corrected chi connectivity index (χ2v) is 7.82. The van der Waals surface area contributed by atoms with Crippen molar-refractivity contribution in [3.05, 3.63) is 48.7 Å². The van der Waals surface area contributed by atoms with Crippen molar-refractivity contribution in [1.29, 1.82) is 0 Å². The van der Waals surface area contributed by atoms with Crippen LogP contribution < -0.4 is 14.8 Å². The van der Waals surface area contributed by atoms with Crippen LogP contribution in [0.2, 0.25) is 0 Å². The van der Waals surface area contributed by atoms with E-state index in [1.165, 1.54) is 0 Å². The van der Waals surface area contributed by atoms with Crippen LogP contribution in [-0.4, -0.2) is 34.7 Å². The molecular formula is C21H26N2O4. The zero-order valence-corrected chi connectivity index (χ0v) is 16.2. The minimum Gasteiger partial charge on any atom is -0.484 e. The van der Waals surface area contributed by atoms with E-state index in [2.05, 4.69) is 10.3 Å². The van der Waals surface area contributed by atoms with Crippen LogP contribution in [0, 0.1) is 0 Å². The van der Waals surface area contributed by atoms with Crippen LogP contribution >= 0.6 is 0 Å². The minimum absolute atomic E-state index is 0.0438. The fourth-order valence-electron chi connectivity index (χ4n) is 3.30. The fourth-order valence-corrected chi connectivity index (χ4v) is 3.30. The van der Waals surface area contributed by atoms with Gasteiger partial charge < -0.3 is 19.5 Å². The van der Waals surface area contributed by atoms with Crippen LogP contribution in [0.25, 0.3) is 0 Å². The molecule has 0 bridgehead atoms. The topological polar surface area (TPSA) is 69.7 Å². The van der Waals surface area contributed by atoms with Gasteiger partial charge in [-0.2, -0.15) is 0 Å². The van der Waals surface area contributed by atoms with Gasteiger partial charge in [-0.3, -0.25) is 4.79 Å². The lowest BCUT2D eigenvalue weighted by Crippen LogP contribution is -2.47. The Labute approximate surface area is 159 Å². The Bertz CT molecular complexity index is 773. The lowest BCUT2D eigenvalue weighted by Gasteiger charge is -2.27. The van der Waals surface area contributed by atoms with Crippen LogP contribution in [0.4, 0.5) is 0 Å². The maximum Gasteiger partial charge on any atom is 0.258 e. The van der Waals surface area contributed by atoms with Crippen molar-refractivity contribution in [2.75, 3.05) is 6.61 Å². The number of nitrogens with zero attached hydrogens (tertiary/aromatic N) is 1. The number of rotatable bonds is 6. The number of pyridine rings is 1. The second kappa shape index (κ2) is 7.56. The minimum atomic E-state index is -0.399. The summed E-state index contributed by atoms with van der Waals surface area (Å²) in [7, 11) is 0. The van der Waals surface area contributed by atoms with Crippen LogP contribution in [0.3, 0.4) is 0 Å². The van der Waals surface area contributed by atoms with Crippen molar-refractivity contribution in [1.82, 2.24) is 10.3 Å². The van der Waals surface area contributed by atoms with Gasteiger partial charge in [-0.1, -0.05) is 6.07 Å². The first-order valence-electron chi connectivity index (χ1n) is 9.05. The molecule has 1 aromatic heterocycles. The Morgan fingerprint density at radius 3 is 2.44 bits per heavy atom. The summed E-state index contributed by atoms with van der Waals surface area (Å²) in [6.45, 7) is 8.01. The highest BCUT2D eigenvalue weighted by atomic mass is 16.5. The van der Waals surface area contributed by atoms with E-state index in [-0.39, 0.29) is 24.2 Å². The van der Waals surface area contributed by atoms with Crippen molar-refractivity contribution >= 4 is 5.91 Å². The smallest absolute Gasteiger partial charge is 0.258 e. The van der Waals surface area contributed by atoms with E-state index in [1.54, 1.807) is 36.5 Å². The molecule has 2 heterocycles. The number of benzene rings is 1. The number of carbonyl (C=O) groups is 1. The first-order chi connectivity index (χ1) is 12.7.